The van der Waals surface area contributed by atoms with Gasteiger partial charge in [-0.05, 0) is 87.6 Å². The van der Waals surface area contributed by atoms with Crippen LogP contribution in [-0.4, -0.2) is 53.8 Å². The molecule has 3 aromatic rings. The van der Waals surface area contributed by atoms with Gasteiger partial charge in [0.1, 0.15) is 11.4 Å². The molecule has 1 amide bonds. The van der Waals surface area contributed by atoms with Crippen molar-refractivity contribution in [3.63, 3.8) is 0 Å². The molecule has 1 aliphatic rings. The molecule has 4 rings (SSSR count). The van der Waals surface area contributed by atoms with Crippen LogP contribution < -0.4 is 15.6 Å². The molecule has 0 saturated heterocycles. The molecule has 0 saturated carbocycles. The van der Waals surface area contributed by atoms with Gasteiger partial charge >= 0.3 is 5.97 Å². The van der Waals surface area contributed by atoms with Crippen LogP contribution in [0.15, 0.2) is 88.3 Å². The number of amides is 1. The first kappa shape index (κ1) is 34.1. The highest BCUT2D eigenvalue weighted by atomic mass is 79.9. The second-order valence-electron chi connectivity index (χ2n) is 11.9. The molecule has 0 bridgehead atoms. The molecule has 2 atom stereocenters. The zero-order valence-corrected chi connectivity index (χ0v) is 27.6. The largest absolute Gasteiger partial charge is 0.494 e. The first-order valence-electron chi connectivity index (χ1n) is 15.2. The number of hydrogen-bond acceptors (Lipinski definition) is 8. The lowest BCUT2D eigenvalue weighted by molar-refractivity contribution is -0.155. The van der Waals surface area contributed by atoms with Crippen molar-refractivity contribution in [3.8, 4) is 5.75 Å². The number of hydrazine groups is 1. The Morgan fingerprint density at radius 2 is 1.71 bits per heavy atom. The maximum atomic E-state index is 14.2. The van der Waals surface area contributed by atoms with Gasteiger partial charge in [0.05, 0.1) is 6.61 Å². The van der Waals surface area contributed by atoms with Crippen LogP contribution in [0.4, 0.5) is 0 Å². The Bertz CT molecular complexity index is 1420. The molecule has 3 aromatic carbocycles. The SMILES string of the molecule is CC(C)(C)OC(=O)CC[C@]1(C(=O)NNCCCc2ccccc2)N=C(c2ccc(OCCCO)cc2)O[C@H]1c1ccc(Br)cc1. The number of aliphatic hydroxyl groups is 1. The third kappa shape index (κ3) is 9.88. The molecule has 1 aliphatic heterocycles. The molecule has 0 aliphatic carbocycles. The molecule has 45 heavy (non-hydrogen) atoms. The van der Waals surface area contributed by atoms with Crippen molar-refractivity contribution in [2.75, 3.05) is 19.8 Å². The number of nitrogens with one attached hydrogen (secondary N) is 2. The molecule has 9 nitrogen and oxygen atoms in total. The maximum Gasteiger partial charge on any atom is 0.306 e. The number of benzene rings is 3. The number of carbonyl (C=O) groups is 2. The van der Waals surface area contributed by atoms with Crippen LogP contribution in [0.1, 0.15) is 69.2 Å². The van der Waals surface area contributed by atoms with E-state index < -0.39 is 29.1 Å². The minimum absolute atomic E-state index is 0.0382. The van der Waals surface area contributed by atoms with Gasteiger partial charge in [0.2, 0.25) is 5.90 Å². The molecule has 3 N–H and O–H groups in total. The van der Waals surface area contributed by atoms with Gasteiger partial charge in [-0.1, -0.05) is 58.4 Å². The fourth-order valence-electron chi connectivity index (χ4n) is 4.97. The zero-order valence-electron chi connectivity index (χ0n) is 26.1. The van der Waals surface area contributed by atoms with Crippen LogP contribution in [0, 0.1) is 0 Å². The number of carbonyl (C=O) groups excluding carboxylic acids is 2. The Balaban J connectivity index is 1.61. The molecule has 240 valence electrons. The Hall–Kier alpha value is -3.73. The average molecular weight is 681 g/mol. The fourth-order valence-corrected chi connectivity index (χ4v) is 5.23. The summed E-state index contributed by atoms with van der Waals surface area (Å²) in [6.45, 7) is 6.41. The molecule has 0 aromatic heterocycles. The van der Waals surface area contributed by atoms with E-state index in [-0.39, 0.29) is 25.3 Å². The van der Waals surface area contributed by atoms with E-state index in [0.29, 0.717) is 30.9 Å². The predicted molar refractivity (Wildman–Crippen MR) is 177 cm³/mol. The standard InChI is InChI=1S/C35H42BrN3O6/c1-34(2,3)45-30(41)20-21-35(33(42)39-37-22-7-11-25-9-5-4-6-10-25)31(26-12-16-28(36)17-13-26)44-32(38-35)27-14-18-29(19-15-27)43-24-8-23-40/h4-6,9-10,12-19,31,37,40H,7-8,11,20-24H2,1-3H3,(H,39,42)/t31-,35-/m0/s1. The Morgan fingerprint density at radius 3 is 2.38 bits per heavy atom. The number of esters is 1. The summed E-state index contributed by atoms with van der Waals surface area (Å²) in [5.74, 6) is 0.0999. The number of aryl methyl sites for hydroxylation is 1. The number of hydrogen-bond donors (Lipinski definition) is 3. The molecule has 0 radical (unpaired) electrons. The van der Waals surface area contributed by atoms with Gasteiger partial charge in [-0.15, -0.1) is 0 Å². The van der Waals surface area contributed by atoms with Crippen LogP contribution in [0.3, 0.4) is 0 Å². The number of aliphatic imine (C=N–C) groups is 1. The summed E-state index contributed by atoms with van der Waals surface area (Å²) in [7, 11) is 0. The third-order valence-corrected chi connectivity index (χ3v) is 7.67. The van der Waals surface area contributed by atoms with Gasteiger partial charge in [0, 0.05) is 36.0 Å². The van der Waals surface area contributed by atoms with Crippen molar-refractivity contribution in [2.24, 2.45) is 4.99 Å². The van der Waals surface area contributed by atoms with E-state index in [1.165, 1.54) is 5.56 Å². The second-order valence-corrected chi connectivity index (χ2v) is 12.8. The molecular formula is C35H42BrN3O6. The van der Waals surface area contributed by atoms with E-state index in [1.54, 1.807) is 12.1 Å². The zero-order chi connectivity index (χ0) is 32.3. The third-order valence-electron chi connectivity index (χ3n) is 7.14. The van der Waals surface area contributed by atoms with Crippen molar-refractivity contribution < 1.29 is 28.9 Å². The monoisotopic (exact) mass is 679 g/mol. The number of rotatable bonds is 15. The molecule has 10 heteroatoms. The van der Waals surface area contributed by atoms with Gasteiger partial charge in [0.25, 0.3) is 5.91 Å². The van der Waals surface area contributed by atoms with Crippen molar-refractivity contribution in [1.82, 2.24) is 10.9 Å². The highest BCUT2D eigenvalue weighted by Crippen LogP contribution is 2.43. The Labute approximate surface area is 273 Å². The topological polar surface area (TPSA) is 118 Å². The van der Waals surface area contributed by atoms with E-state index in [1.807, 2.05) is 75.4 Å². The summed E-state index contributed by atoms with van der Waals surface area (Å²) < 4.78 is 18.6. The fraction of sp³-hybridized carbons (Fsp3) is 0.400. The Kier molecular flexibility index (Phi) is 12.2. The van der Waals surface area contributed by atoms with Gasteiger partial charge < -0.3 is 19.3 Å². The molecule has 0 fully saturated rings. The van der Waals surface area contributed by atoms with E-state index in [9.17, 15) is 9.59 Å². The van der Waals surface area contributed by atoms with Crippen molar-refractivity contribution in [2.45, 2.75) is 70.1 Å². The summed E-state index contributed by atoms with van der Waals surface area (Å²) in [4.78, 5) is 32.0. The molecular weight excluding hydrogens is 638 g/mol. The predicted octanol–water partition coefficient (Wildman–Crippen LogP) is 5.84. The number of halogens is 1. The highest BCUT2D eigenvalue weighted by molar-refractivity contribution is 9.10. The first-order valence-corrected chi connectivity index (χ1v) is 16.0. The highest BCUT2D eigenvalue weighted by Gasteiger charge is 2.53. The lowest BCUT2D eigenvalue weighted by Crippen LogP contribution is -2.53. The van der Waals surface area contributed by atoms with E-state index in [4.69, 9.17) is 24.3 Å². The van der Waals surface area contributed by atoms with Gasteiger partial charge in [-0.3, -0.25) is 15.0 Å². The van der Waals surface area contributed by atoms with Gasteiger partial charge in [-0.25, -0.2) is 10.4 Å². The molecule has 1 heterocycles. The summed E-state index contributed by atoms with van der Waals surface area (Å²) in [6.07, 6.45) is 1.41. The minimum atomic E-state index is -1.47. The summed E-state index contributed by atoms with van der Waals surface area (Å²) in [5, 5.41) is 9.04. The first-order chi connectivity index (χ1) is 21.6. The summed E-state index contributed by atoms with van der Waals surface area (Å²) >= 11 is 3.49. The van der Waals surface area contributed by atoms with E-state index in [2.05, 4.69) is 38.9 Å². The van der Waals surface area contributed by atoms with Crippen LogP contribution in [0.2, 0.25) is 0 Å². The van der Waals surface area contributed by atoms with Crippen molar-refractivity contribution in [1.29, 1.82) is 0 Å². The summed E-state index contributed by atoms with van der Waals surface area (Å²) in [5.41, 5.74) is 6.42. The van der Waals surface area contributed by atoms with Crippen molar-refractivity contribution >= 4 is 33.7 Å². The van der Waals surface area contributed by atoms with Crippen LogP contribution >= 0.6 is 15.9 Å². The van der Waals surface area contributed by atoms with Crippen LogP contribution in [0.5, 0.6) is 5.75 Å². The summed E-state index contributed by atoms with van der Waals surface area (Å²) in [6, 6.07) is 24.9. The number of aliphatic hydroxyl groups excluding tert-OH is 1. The van der Waals surface area contributed by atoms with Crippen molar-refractivity contribution in [3.05, 3.63) is 100 Å². The normalized spacial score (nSPS) is 17.7. The lowest BCUT2D eigenvalue weighted by atomic mass is 9.83. The quantitative estimate of drug-likeness (QED) is 0.105. The number of ether oxygens (including phenoxy) is 3. The van der Waals surface area contributed by atoms with E-state index in [0.717, 1.165) is 22.9 Å². The Morgan fingerprint density at radius 1 is 1.00 bits per heavy atom. The maximum absolute atomic E-state index is 14.2. The number of nitrogens with zero attached hydrogens (tertiary/aromatic N) is 1. The molecule has 0 unspecified atom stereocenters. The van der Waals surface area contributed by atoms with E-state index >= 15 is 0 Å². The average Bonchev–Trinajstić information content (AvgIpc) is 3.41. The second kappa shape index (κ2) is 16.0. The van der Waals surface area contributed by atoms with Crippen LogP contribution in [0.25, 0.3) is 0 Å². The smallest absolute Gasteiger partial charge is 0.306 e. The van der Waals surface area contributed by atoms with Crippen LogP contribution in [-0.2, 0) is 25.5 Å². The van der Waals surface area contributed by atoms with Gasteiger partial charge in [-0.2, -0.15) is 0 Å². The molecule has 0 spiro atoms. The van der Waals surface area contributed by atoms with Gasteiger partial charge in [0.15, 0.2) is 11.6 Å². The lowest BCUT2D eigenvalue weighted by Gasteiger charge is -2.31. The minimum Gasteiger partial charge on any atom is -0.494 e.